The van der Waals surface area contributed by atoms with Crippen molar-refractivity contribution < 1.29 is 14.3 Å². The van der Waals surface area contributed by atoms with Gasteiger partial charge in [-0.3, -0.25) is 4.79 Å². The first-order valence-corrected chi connectivity index (χ1v) is 7.58. The molecule has 0 N–H and O–H groups in total. The number of aryl methyl sites for hydroxylation is 2. The molecule has 1 atom stereocenters. The van der Waals surface area contributed by atoms with Crippen LogP contribution in [0.3, 0.4) is 0 Å². The topological polar surface area (TPSA) is 35.5 Å². The second-order valence-corrected chi connectivity index (χ2v) is 6.75. The second-order valence-electron chi connectivity index (χ2n) is 5.64. The Morgan fingerprint density at radius 2 is 1.55 bits per heavy atom. The van der Waals surface area contributed by atoms with E-state index in [1.165, 1.54) is 0 Å². The molecule has 0 aromatic heterocycles. The smallest absolute Gasteiger partial charge is 0.180 e. The highest BCUT2D eigenvalue weighted by molar-refractivity contribution is 7.21. The van der Waals surface area contributed by atoms with Gasteiger partial charge in [-0.25, -0.2) is 0 Å². The first-order chi connectivity index (χ1) is 9.44. The molecule has 20 heavy (non-hydrogen) atoms. The minimum atomic E-state index is -0.360. The van der Waals surface area contributed by atoms with Crippen molar-refractivity contribution in [3.8, 4) is 11.5 Å². The van der Waals surface area contributed by atoms with Crippen molar-refractivity contribution in [3.63, 3.8) is 0 Å². The van der Waals surface area contributed by atoms with Gasteiger partial charge in [-0.15, -0.1) is 9.24 Å². The van der Waals surface area contributed by atoms with Gasteiger partial charge in [0.2, 0.25) is 0 Å². The molecule has 1 aromatic rings. The molecule has 1 fully saturated rings. The minimum absolute atomic E-state index is 0.125. The molecule has 2 rings (SSSR count). The summed E-state index contributed by atoms with van der Waals surface area (Å²) in [6, 6.07) is 2.00. The third kappa shape index (κ3) is 2.44. The predicted molar refractivity (Wildman–Crippen MR) is 84.3 cm³/mol. The lowest BCUT2D eigenvalue weighted by molar-refractivity contribution is 0.0937. The van der Waals surface area contributed by atoms with Gasteiger partial charge in [0.05, 0.1) is 14.2 Å². The quantitative estimate of drug-likeness (QED) is 0.627. The number of benzene rings is 1. The molecule has 0 heterocycles. The van der Waals surface area contributed by atoms with Crippen LogP contribution < -0.4 is 9.47 Å². The van der Waals surface area contributed by atoms with Crippen LogP contribution in [0.1, 0.15) is 47.2 Å². The maximum Gasteiger partial charge on any atom is 0.180 e. The molecule has 110 valence electrons. The van der Waals surface area contributed by atoms with Crippen LogP contribution in [-0.4, -0.2) is 25.2 Å². The highest BCUT2D eigenvalue weighted by Crippen LogP contribution is 2.45. The maximum atomic E-state index is 13.1. The minimum Gasteiger partial charge on any atom is -0.496 e. The van der Waals surface area contributed by atoms with Crippen molar-refractivity contribution in [2.45, 2.75) is 44.7 Å². The highest BCUT2D eigenvalue weighted by atomic mass is 31.0. The fourth-order valence-electron chi connectivity index (χ4n) is 3.17. The van der Waals surface area contributed by atoms with Crippen molar-refractivity contribution in [3.05, 3.63) is 22.8 Å². The summed E-state index contributed by atoms with van der Waals surface area (Å²) >= 11 is 0. The van der Waals surface area contributed by atoms with Crippen molar-refractivity contribution in [1.29, 1.82) is 0 Å². The van der Waals surface area contributed by atoms with E-state index >= 15 is 0 Å². The zero-order valence-corrected chi connectivity index (χ0v) is 13.9. The largest absolute Gasteiger partial charge is 0.496 e. The Kier molecular flexibility index (Phi) is 4.39. The standard InChI is InChI=1S/C16H23O3P/c1-10-9-11(2)14(19-4)12(13(10)18-3)15(17)16(20)7-5-6-8-16/h9H,5-8,20H2,1-4H3. The summed E-state index contributed by atoms with van der Waals surface area (Å²) in [6.45, 7) is 3.93. The van der Waals surface area contributed by atoms with Crippen LogP contribution in [-0.2, 0) is 0 Å². The van der Waals surface area contributed by atoms with E-state index < -0.39 is 0 Å². The zero-order valence-electron chi connectivity index (χ0n) is 12.7. The molecule has 0 saturated heterocycles. The van der Waals surface area contributed by atoms with Gasteiger partial charge in [0.15, 0.2) is 5.78 Å². The van der Waals surface area contributed by atoms with E-state index in [-0.39, 0.29) is 10.9 Å². The monoisotopic (exact) mass is 294 g/mol. The van der Waals surface area contributed by atoms with E-state index in [1.807, 2.05) is 19.9 Å². The van der Waals surface area contributed by atoms with Gasteiger partial charge >= 0.3 is 0 Å². The van der Waals surface area contributed by atoms with Crippen molar-refractivity contribution in [1.82, 2.24) is 0 Å². The number of hydrogen-bond acceptors (Lipinski definition) is 3. The fourth-order valence-corrected chi connectivity index (χ4v) is 3.72. The fraction of sp³-hybridized carbons (Fsp3) is 0.562. The Balaban J connectivity index is 2.62. The van der Waals surface area contributed by atoms with Gasteiger partial charge in [0, 0.05) is 5.16 Å². The summed E-state index contributed by atoms with van der Waals surface area (Å²) in [5, 5.41) is -0.360. The number of carbonyl (C=O) groups is 1. The van der Waals surface area contributed by atoms with Crippen molar-refractivity contribution in [2.75, 3.05) is 14.2 Å². The zero-order chi connectivity index (χ0) is 14.9. The van der Waals surface area contributed by atoms with E-state index in [2.05, 4.69) is 9.24 Å². The summed E-state index contributed by atoms with van der Waals surface area (Å²) in [5.74, 6) is 1.41. The highest BCUT2D eigenvalue weighted by Gasteiger charge is 2.40. The molecular formula is C16H23O3P. The van der Waals surface area contributed by atoms with Gasteiger partial charge in [0.25, 0.3) is 0 Å². The first kappa shape index (κ1) is 15.3. The molecular weight excluding hydrogens is 271 g/mol. The van der Waals surface area contributed by atoms with Gasteiger partial charge in [-0.2, -0.15) is 0 Å². The van der Waals surface area contributed by atoms with Crippen LogP contribution >= 0.6 is 9.24 Å². The van der Waals surface area contributed by atoms with Crippen molar-refractivity contribution in [2.24, 2.45) is 0 Å². The molecule has 0 spiro atoms. The Morgan fingerprint density at radius 1 is 1.10 bits per heavy atom. The average molecular weight is 294 g/mol. The van der Waals surface area contributed by atoms with E-state index in [4.69, 9.17) is 9.47 Å². The van der Waals surface area contributed by atoms with Gasteiger partial charge in [0.1, 0.15) is 17.1 Å². The molecule has 1 saturated carbocycles. The van der Waals surface area contributed by atoms with Gasteiger partial charge in [-0.05, 0) is 43.9 Å². The Labute approximate surface area is 123 Å². The van der Waals surface area contributed by atoms with Crippen LogP contribution in [0.5, 0.6) is 11.5 Å². The molecule has 1 aromatic carbocycles. The van der Waals surface area contributed by atoms with Crippen LogP contribution in [0.25, 0.3) is 0 Å². The van der Waals surface area contributed by atoms with E-state index in [1.54, 1.807) is 14.2 Å². The summed E-state index contributed by atoms with van der Waals surface area (Å²) in [4.78, 5) is 13.1. The molecule has 0 bridgehead atoms. The van der Waals surface area contributed by atoms with Gasteiger partial charge in [-0.1, -0.05) is 12.8 Å². The molecule has 1 aliphatic carbocycles. The predicted octanol–water partition coefficient (Wildman–Crippen LogP) is 3.69. The first-order valence-electron chi connectivity index (χ1n) is 7.00. The normalized spacial score (nSPS) is 17.1. The summed E-state index contributed by atoms with van der Waals surface area (Å²) < 4.78 is 11.0. The maximum absolute atomic E-state index is 13.1. The van der Waals surface area contributed by atoms with E-state index in [0.29, 0.717) is 17.1 Å². The number of Topliss-reactive ketones (excluding diaryl/α,β-unsaturated/α-hetero) is 1. The average Bonchev–Trinajstić information content (AvgIpc) is 2.85. The lowest BCUT2D eigenvalue weighted by atomic mass is 9.91. The molecule has 0 aliphatic heterocycles. The number of rotatable bonds is 4. The molecule has 3 nitrogen and oxygen atoms in total. The van der Waals surface area contributed by atoms with Gasteiger partial charge < -0.3 is 9.47 Å². The molecule has 0 radical (unpaired) electrons. The molecule has 4 heteroatoms. The Hall–Kier alpha value is -1.08. The lowest BCUT2D eigenvalue weighted by Crippen LogP contribution is -2.29. The number of hydrogen-bond donors (Lipinski definition) is 0. The Morgan fingerprint density at radius 3 is 1.95 bits per heavy atom. The third-order valence-electron chi connectivity index (χ3n) is 4.19. The summed E-state index contributed by atoms with van der Waals surface area (Å²) in [6.07, 6.45) is 4.03. The third-order valence-corrected chi connectivity index (χ3v) is 5.03. The van der Waals surface area contributed by atoms with E-state index in [0.717, 1.165) is 36.8 Å². The van der Waals surface area contributed by atoms with Crippen LogP contribution in [0.15, 0.2) is 6.07 Å². The van der Waals surface area contributed by atoms with Crippen molar-refractivity contribution >= 4 is 15.0 Å². The number of carbonyl (C=O) groups excluding carboxylic acids is 1. The van der Waals surface area contributed by atoms with Crippen LogP contribution in [0.2, 0.25) is 0 Å². The summed E-state index contributed by atoms with van der Waals surface area (Å²) in [5.41, 5.74) is 2.55. The lowest BCUT2D eigenvalue weighted by Gasteiger charge is -2.25. The SMILES string of the molecule is COc1c(C)cc(C)c(OC)c1C(=O)C1(P)CCCC1. The summed E-state index contributed by atoms with van der Waals surface area (Å²) in [7, 11) is 6.00. The number of methoxy groups -OCH3 is 2. The molecule has 0 amide bonds. The second kappa shape index (κ2) is 5.73. The molecule has 1 aliphatic rings. The number of ether oxygens (including phenoxy) is 2. The van der Waals surface area contributed by atoms with Crippen LogP contribution in [0.4, 0.5) is 0 Å². The van der Waals surface area contributed by atoms with Crippen LogP contribution in [0, 0.1) is 13.8 Å². The van der Waals surface area contributed by atoms with E-state index in [9.17, 15) is 4.79 Å². The number of ketones is 1. The molecule has 1 unspecified atom stereocenters. The Bertz CT molecular complexity index is 503.